The molecule has 2 aromatic rings. The first kappa shape index (κ1) is 18.5. The number of nitrogens with one attached hydrogen (secondary N) is 1. The highest BCUT2D eigenvalue weighted by Crippen LogP contribution is 2.28. The molecule has 0 aromatic heterocycles. The predicted octanol–water partition coefficient (Wildman–Crippen LogP) is 2.69. The van der Waals surface area contributed by atoms with Crippen LogP contribution in [0.15, 0.2) is 59.5 Å². The van der Waals surface area contributed by atoms with Gasteiger partial charge in [0.2, 0.25) is 15.9 Å². The molecule has 1 aliphatic rings. The van der Waals surface area contributed by atoms with Crippen LogP contribution in [-0.4, -0.2) is 31.8 Å². The molecule has 1 aliphatic carbocycles. The second-order valence-corrected chi connectivity index (χ2v) is 8.11. The predicted molar refractivity (Wildman–Crippen MR) is 96.2 cm³/mol. The van der Waals surface area contributed by atoms with Crippen molar-refractivity contribution in [3.8, 4) is 0 Å². The molecule has 1 fully saturated rings. The van der Waals surface area contributed by atoms with Crippen molar-refractivity contribution in [3.05, 3.63) is 66.0 Å². The monoisotopic (exact) mass is 376 g/mol. The molecule has 7 heteroatoms. The molecule has 0 spiro atoms. The smallest absolute Gasteiger partial charge is 0.240 e. The molecule has 0 unspecified atom stereocenters. The molecule has 5 nitrogen and oxygen atoms in total. The van der Waals surface area contributed by atoms with Gasteiger partial charge in [0.05, 0.1) is 4.90 Å². The molecule has 0 radical (unpaired) electrons. The van der Waals surface area contributed by atoms with E-state index in [0.717, 1.165) is 30.5 Å². The van der Waals surface area contributed by atoms with E-state index in [-0.39, 0.29) is 29.8 Å². The number of nitrogens with zero attached hydrogens (tertiary/aromatic N) is 1. The summed E-state index contributed by atoms with van der Waals surface area (Å²) in [4.78, 5) is 14.3. The Bertz CT molecular complexity index is 850. The lowest BCUT2D eigenvalue weighted by molar-refractivity contribution is -0.132. The third-order valence-corrected chi connectivity index (χ3v) is 5.74. The summed E-state index contributed by atoms with van der Waals surface area (Å²) in [6, 6.07) is 14.6. The van der Waals surface area contributed by atoms with Crippen molar-refractivity contribution < 1.29 is 17.6 Å². The molecule has 138 valence electrons. The van der Waals surface area contributed by atoms with Crippen molar-refractivity contribution in [3.63, 3.8) is 0 Å². The Morgan fingerprint density at radius 1 is 1.08 bits per heavy atom. The first-order chi connectivity index (χ1) is 12.5. The number of hydrogen-bond acceptors (Lipinski definition) is 3. The van der Waals surface area contributed by atoms with Gasteiger partial charge in [0, 0.05) is 25.6 Å². The van der Waals surface area contributed by atoms with E-state index >= 15 is 0 Å². The fourth-order valence-corrected chi connectivity index (χ4v) is 3.75. The molecule has 26 heavy (non-hydrogen) atoms. The molecule has 1 saturated carbocycles. The summed E-state index contributed by atoms with van der Waals surface area (Å²) < 4.78 is 39.7. The maximum Gasteiger partial charge on any atom is 0.240 e. The van der Waals surface area contributed by atoms with E-state index in [0.29, 0.717) is 6.54 Å². The first-order valence-electron chi connectivity index (χ1n) is 8.54. The van der Waals surface area contributed by atoms with Crippen LogP contribution in [0.5, 0.6) is 0 Å². The van der Waals surface area contributed by atoms with Crippen molar-refractivity contribution >= 4 is 15.9 Å². The Labute approximate surface area is 152 Å². The number of rotatable bonds is 8. The van der Waals surface area contributed by atoms with Gasteiger partial charge in [-0.3, -0.25) is 4.79 Å². The van der Waals surface area contributed by atoms with E-state index in [1.165, 1.54) is 12.1 Å². The summed E-state index contributed by atoms with van der Waals surface area (Å²) in [5.74, 6) is -0.571. The van der Waals surface area contributed by atoms with Gasteiger partial charge in [-0.05, 0) is 42.7 Å². The zero-order valence-corrected chi connectivity index (χ0v) is 15.1. The van der Waals surface area contributed by atoms with E-state index in [4.69, 9.17) is 0 Å². The van der Waals surface area contributed by atoms with Crippen molar-refractivity contribution in [1.82, 2.24) is 9.62 Å². The van der Waals surface area contributed by atoms with Crippen LogP contribution in [-0.2, 0) is 21.4 Å². The summed E-state index contributed by atoms with van der Waals surface area (Å²) >= 11 is 0. The largest absolute Gasteiger partial charge is 0.335 e. The number of sulfonamides is 1. The molecule has 0 bridgehead atoms. The molecule has 1 N–H and O–H groups in total. The van der Waals surface area contributed by atoms with Gasteiger partial charge < -0.3 is 4.90 Å². The number of hydrogen-bond donors (Lipinski definition) is 1. The zero-order valence-electron chi connectivity index (χ0n) is 14.3. The Morgan fingerprint density at radius 2 is 1.73 bits per heavy atom. The van der Waals surface area contributed by atoms with Gasteiger partial charge in [-0.2, -0.15) is 0 Å². The minimum absolute atomic E-state index is 0.0105. The quantitative estimate of drug-likeness (QED) is 0.770. The summed E-state index contributed by atoms with van der Waals surface area (Å²) in [6.07, 6.45) is 2.06. The number of carbonyl (C=O) groups is 1. The summed E-state index contributed by atoms with van der Waals surface area (Å²) in [7, 11) is -3.75. The van der Waals surface area contributed by atoms with Gasteiger partial charge in [0.25, 0.3) is 0 Å². The SMILES string of the molecule is O=C(CCNS(=O)(=O)c1ccc(F)cc1)N(Cc1ccccc1)C1CC1. The van der Waals surface area contributed by atoms with E-state index in [1.807, 2.05) is 35.2 Å². The van der Waals surface area contributed by atoms with Crippen LogP contribution in [0, 0.1) is 5.82 Å². The topological polar surface area (TPSA) is 66.5 Å². The Kier molecular flexibility index (Phi) is 5.68. The minimum Gasteiger partial charge on any atom is -0.335 e. The van der Waals surface area contributed by atoms with Crippen LogP contribution in [0.4, 0.5) is 4.39 Å². The normalized spacial score (nSPS) is 14.2. The summed E-state index contributed by atoms with van der Waals surface area (Å²) in [6.45, 7) is 0.547. The maximum absolute atomic E-state index is 12.9. The Hall–Kier alpha value is -2.25. The summed E-state index contributed by atoms with van der Waals surface area (Å²) in [5, 5.41) is 0. The van der Waals surface area contributed by atoms with Crippen molar-refractivity contribution in [1.29, 1.82) is 0 Å². The van der Waals surface area contributed by atoms with Gasteiger partial charge in [0.1, 0.15) is 5.82 Å². The van der Waals surface area contributed by atoms with Crippen LogP contribution in [0.3, 0.4) is 0 Å². The molecule has 0 aliphatic heterocycles. The average molecular weight is 376 g/mol. The fourth-order valence-electron chi connectivity index (χ4n) is 2.72. The second-order valence-electron chi connectivity index (χ2n) is 6.34. The molecule has 0 heterocycles. The van der Waals surface area contributed by atoms with E-state index in [2.05, 4.69) is 4.72 Å². The fraction of sp³-hybridized carbons (Fsp3) is 0.316. The van der Waals surface area contributed by atoms with Crippen molar-refractivity contribution in [2.75, 3.05) is 6.54 Å². The third-order valence-electron chi connectivity index (χ3n) is 4.26. The van der Waals surface area contributed by atoms with Crippen LogP contribution >= 0.6 is 0 Å². The second kappa shape index (κ2) is 7.97. The minimum atomic E-state index is -3.75. The zero-order chi connectivity index (χ0) is 18.6. The van der Waals surface area contributed by atoms with Crippen molar-refractivity contribution in [2.45, 2.75) is 36.7 Å². The Morgan fingerprint density at radius 3 is 2.35 bits per heavy atom. The highest BCUT2D eigenvalue weighted by atomic mass is 32.2. The Balaban J connectivity index is 1.56. The van der Waals surface area contributed by atoms with Crippen LogP contribution in [0.1, 0.15) is 24.8 Å². The lowest BCUT2D eigenvalue weighted by atomic mass is 10.2. The number of benzene rings is 2. The lowest BCUT2D eigenvalue weighted by Crippen LogP contribution is -2.35. The van der Waals surface area contributed by atoms with E-state index < -0.39 is 15.8 Å². The first-order valence-corrected chi connectivity index (χ1v) is 10.0. The van der Waals surface area contributed by atoms with Gasteiger partial charge in [-0.15, -0.1) is 0 Å². The summed E-state index contributed by atoms with van der Waals surface area (Å²) in [5.41, 5.74) is 1.06. The van der Waals surface area contributed by atoms with Gasteiger partial charge in [-0.25, -0.2) is 17.5 Å². The number of halogens is 1. The maximum atomic E-state index is 12.9. The number of carbonyl (C=O) groups excluding carboxylic acids is 1. The van der Waals surface area contributed by atoms with Crippen LogP contribution < -0.4 is 4.72 Å². The molecule has 2 aromatic carbocycles. The third kappa shape index (κ3) is 4.89. The number of amides is 1. The standard InChI is InChI=1S/C19H21FN2O3S/c20-16-6-10-18(11-7-16)26(24,25)21-13-12-19(23)22(17-8-9-17)14-15-4-2-1-3-5-15/h1-7,10-11,17,21H,8-9,12-14H2. The molecule has 3 rings (SSSR count). The molecule has 0 atom stereocenters. The highest BCUT2D eigenvalue weighted by Gasteiger charge is 2.32. The van der Waals surface area contributed by atoms with E-state index in [9.17, 15) is 17.6 Å². The van der Waals surface area contributed by atoms with Gasteiger partial charge in [-0.1, -0.05) is 30.3 Å². The highest BCUT2D eigenvalue weighted by molar-refractivity contribution is 7.89. The lowest BCUT2D eigenvalue weighted by Gasteiger charge is -2.22. The van der Waals surface area contributed by atoms with Gasteiger partial charge >= 0.3 is 0 Å². The van der Waals surface area contributed by atoms with Crippen molar-refractivity contribution in [2.24, 2.45) is 0 Å². The molecular weight excluding hydrogens is 355 g/mol. The van der Waals surface area contributed by atoms with E-state index in [1.54, 1.807) is 0 Å². The van der Waals surface area contributed by atoms with Crippen LogP contribution in [0.2, 0.25) is 0 Å². The van der Waals surface area contributed by atoms with Gasteiger partial charge in [0.15, 0.2) is 0 Å². The molecular formula is C19H21FN2O3S. The molecule has 1 amide bonds. The molecule has 0 saturated heterocycles. The average Bonchev–Trinajstić information content (AvgIpc) is 3.45. The van der Waals surface area contributed by atoms with Crippen LogP contribution in [0.25, 0.3) is 0 Å².